The lowest BCUT2D eigenvalue weighted by molar-refractivity contribution is 0.337. The van der Waals surface area contributed by atoms with E-state index >= 15 is 0 Å². The van der Waals surface area contributed by atoms with Crippen molar-refractivity contribution in [2.75, 3.05) is 0 Å². The molecule has 2 aromatic rings. The van der Waals surface area contributed by atoms with Crippen LogP contribution in [0.25, 0.3) is 10.9 Å². The van der Waals surface area contributed by atoms with E-state index < -0.39 is 0 Å². The molecule has 0 spiro atoms. The van der Waals surface area contributed by atoms with E-state index in [1.807, 2.05) is 12.4 Å². The Kier molecular flexibility index (Phi) is 3.08. The molecular formula is C16H23N3. The van der Waals surface area contributed by atoms with Gasteiger partial charge in [0.15, 0.2) is 0 Å². The van der Waals surface area contributed by atoms with Crippen molar-refractivity contribution in [3.63, 3.8) is 0 Å². The number of aromatic nitrogens is 3. The van der Waals surface area contributed by atoms with E-state index in [1.54, 1.807) is 0 Å². The molecule has 3 heteroatoms. The number of hydrogen-bond donors (Lipinski definition) is 0. The van der Waals surface area contributed by atoms with E-state index in [1.165, 1.54) is 43.0 Å². The lowest BCUT2D eigenvalue weighted by atomic mass is 9.91. The summed E-state index contributed by atoms with van der Waals surface area (Å²) in [7, 11) is 0. The van der Waals surface area contributed by atoms with Crippen LogP contribution in [-0.2, 0) is 5.41 Å². The minimum atomic E-state index is 0.0983. The molecule has 102 valence electrons. The normalized spacial score (nSPS) is 18.1. The van der Waals surface area contributed by atoms with Gasteiger partial charge in [-0.05, 0) is 18.9 Å². The number of fused-ring (bicyclic) bond motifs is 1. The van der Waals surface area contributed by atoms with Gasteiger partial charge in [0.05, 0.1) is 24.0 Å². The average Bonchev–Trinajstić information content (AvgIpc) is 2.81. The molecule has 0 N–H and O–H groups in total. The average molecular weight is 257 g/mol. The Morgan fingerprint density at radius 2 is 1.84 bits per heavy atom. The van der Waals surface area contributed by atoms with Crippen LogP contribution in [0.15, 0.2) is 18.5 Å². The van der Waals surface area contributed by atoms with Crippen LogP contribution in [0.2, 0.25) is 0 Å². The SMILES string of the molecule is CC(C)(C)c1cc2cnn(C3CCCCC3)c2cn1. The van der Waals surface area contributed by atoms with Gasteiger partial charge in [-0.2, -0.15) is 5.10 Å². The highest BCUT2D eigenvalue weighted by molar-refractivity contribution is 5.78. The molecule has 1 aliphatic carbocycles. The highest BCUT2D eigenvalue weighted by atomic mass is 15.3. The highest BCUT2D eigenvalue weighted by Gasteiger charge is 2.20. The standard InChI is InChI=1S/C16H23N3/c1-16(2,3)15-9-12-10-18-19(14(12)11-17-15)13-7-5-4-6-8-13/h9-11,13H,4-8H2,1-3H3. The maximum absolute atomic E-state index is 4.65. The van der Waals surface area contributed by atoms with Crippen LogP contribution in [0.3, 0.4) is 0 Å². The number of pyridine rings is 1. The second kappa shape index (κ2) is 4.62. The second-order valence-corrected chi connectivity index (χ2v) is 6.76. The third-order valence-corrected chi connectivity index (χ3v) is 4.17. The predicted molar refractivity (Wildman–Crippen MR) is 78.4 cm³/mol. The summed E-state index contributed by atoms with van der Waals surface area (Å²) in [6.07, 6.45) is 10.6. The molecule has 2 aromatic heterocycles. The van der Waals surface area contributed by atoms with E-state index in [9.17, 15) is 0 Å². The summed E-state index contributed by atoms with van der Waals surface area (Å²) in [5, 5.41) is 5.85. The third-order valence-electron chi connectivity index (χ3n) is 4.17. The van der Waals surface area contributed by atoms with Crippen molar-refractivity contribution < 1.29 is 0 Å². The van der Waals surface area contributed by atoms with Crippen LogP contribution in [0.4, 0.5) is 0 Å². The van der Waals surface area contributed by atoms with E-state index in [-0.39, 0.29) is 5.41 Å². The third kappa shape index (κ3) is 2.38. The second-order valence-electron chi connectivity index (χ2n) is 6.76. The van der Waals surface area contributed by atoms with Crippen molar-refractivity contribution in [2.45, 2.75) is 64.3 Å². The maximum Gasteiger partial charge on any atom is 0.0869 e. The first-order valence-electron chi connectivity index (χ1n) is 7.39. The molecule has 1 fully saturated rings. The predicted octanol–water partition coefficient (Wildman–Crippen LogP) is 4.23. The van der Waals surface area contributed by atoms with E-state index in [4.69, 9.17) is 0 Å². The van der Waals surface area contributed by atoms with Crippen LogP contribution < -0.4 is 0 Å². The molecule has 3 nitrogen and oxygen atoms in total. The molecular weight excluding hydrogens is 234 g/mol. The molecule has 0 atom stereocenters. The molecule has 3 rings (SSSR count). The van der Waals surface area contributed by atoms with Crippen molar-refractivity contribution in [3.05, 3.63) is 24.2 Å². The molecule has 1 saturated carbocycles. The molecule has 2 heterocycles. The Hall–Kier alpha value is -1.38. The van der Waals surface area contributed by atoms with Gasteiger partial charge in [-0.1, -0.05) is 40.0 Å². The molecule has 0 radical (unpaired) electrons. The van der Waals surface area contributed by atoms with Crippen LogP contribution in [-0.4, -0.2) is 14.8 Å². The first-order valence-corrected chi connectivity index (χ1v) is 7.39. The minimum Gasteiger partial charge on any atom is -0.260 e. The Labute approximate surface area is 115 Å². The van der Waals surface area contributed by atoms with Crippen molar-refractivity contribution in [2.24, 2.45) is 0 Å². The summed E-state index contributed by atoms with van der Waals surface area (Å²) in [6, 6.07) is 2.77. The highest BCUT2D eigenvalue weighted by Crippen LogP contribution is 2.31. The summed E-state index contributed by atoms with van der Waals surface area (Å²) in [5.74, 6) is 0. The summed E-state index contributed by atoms with van der Waals surface area (Å²) >= 11 is 0. The number of nitrogens with zero attached hydrogens (tertiary/aromatic N) is 3. The topological polar surface area (TPSA) is 30.7 Å². The van der Waals surface area contributed by atoms with E-state index in [0.717, 1.165) is 5.69 Å². The number of rotatable bonds is 1. The fourth-order valence-corrected chi connectivity index (χ4v) is 2.97. The Morgan fingerprint density at radius 3 is 2.53 bits per heavy atom. The Morgan fingerprint density at radius 1 is 1.11 bits per heavy atom. The lowest BCUT2D eigenvalue weighted by Crippen LogP contribution is -2.15. The lowest BCUT2D eigenvalue weighted by Gasteiger charge is -2.23. The van der Waals surface area contributed by atoms with Crippen LogP contribution in [0.5, 0.6) is 0 Å². The van der Waals surface area contributed by atoms with Crippen molar-refractivity contribution in [1.29, 1.82) is 0 Å². The van der Waals surface area contributed by atoms with Gasteiger partial charge in [0, 0.05) is 16.5 Å². The fraction of sp³-hybridized carbons (Fsp3) is 0.625. The van der Waals surface area contributed by atoms with Gasteiger partial charge in [-0.3, -0.25) is 9.67 Å². The summed E-state index contributed by atoms with van der Waals surface area (Å²) in [5.41, 5.74) is 2.43. The molecule has 0 aromatic carbocycles. The molecule has 19 heavy (non-hydrogen) atoms. The number of hydrogen-bond acceptors (Lipinski definition) is 2. The Bertz CT molecular complexity index is 571. The largest absolute Gasteiger partial charge is 0.260 e. The van der Waals surface area contributed by atoms with Gasteiger partial charge in [0.25, 0.3) is 0 Å². The fourth-order valence-electron chi connectivity index (χ4n) is 2.97. The summed E-state index contributed by atoms with van der Waals surface area (Å²) in [4.78, 5) is 4.65. The quantitative estimate of drug-likeness (QED) is 0.765. The summed E-state index contributed by atoms with van der Waals surface area (Å²) < 4.78 is 2.20. The zero-order chi connectivity index (χ0) is 13.5. The van der Waals surface area contributed by atoms with Crippen LogP contribution >= 0.6 is 0 Å². The van der Waals surface area contributed by atoms with Gasteiger partial charge in [-0.25, -0.2) is 0 Å². The maximum atomic E-state index is 4.65. The molecule has 1 aliphatic rings. The van der Waals surface area contributed by atoms with E-state index in [0.29, 0.717) is 6.04 Å². The van der Waals surface area contributed by atoms with Gasteiger partial charge in [0.2, 0.25) is 0 Å². The van der Waals surface area contributed by atoms with Gasteiger partial charge < -0.3 is 0 Å². The molecule has 0 amide bonds. The first kappa shape index (κ1) is 12.6. The molecule has 0 aliphatic heterocycles. The van der Waals surface area contributed by atoms with Crippen molar-refractivity contribution in [1.82, 2.24) is 14.8 Å². The monoisotopic (exact) mass is 257 g/mol. The van der Waals surface area contributed by atoms with Crippen LogP contribution in [0.1, 0.15) is 64.6 Å². The molecule has 0 saturated heterocycles. The Balaban J connectivity index is 2.00. The van der Waals surface area contributed by atoms with E-state index in [2.05, 4.69) is 41.6 Å². The molecule has 0 unspecified atom stereocenters. The van der Waals surface area contributed by atoms with Crippen molar-refractivity contribution >= 4 is 10.9 Å². The smallest absolute Gasteiger partial charge is 0.0869 e. The van der Waals surface area contributed by atoms with Crippen LogP contribution in [0, 0.1) is 0 Å². The molecule has 0 bridgehead atoms. The van der Waals surface area contributed by atoms with Gasteiger partial charge >= 0.3 is 0 Å². The van der Waals surface area contributed by atoms with Gasteiger partial charge in [0.1, 0.15) is 0 Å². The van der Waals surface area contributed by atoms with Gasteiger partial charge in [-0.15, -0.1) is 0 Å². The first-order chi connectivity index (χ1) is 9.05. The zero-order valence-electron chi connectivity index (χ0n) is 12.2. The minimum absolute atomic E-state index is 0.0983. The zero-order valence-corrected chi connectivity index (χ0v) is 12.2. The van der Waals surface area contributed by atoms with Crippen molar-refractivity contribution in [3.8, 4) is 0 Å². The summed E-state index contributed by atoms with van der Waals surface area (Å²) in [6.45, 7) is 6.60.